The molecule has 0 aromatic heterocycles. The van der Waals surface area contributed by atoms with Crippen LogP contribution in [-0.2, 0) is 0 Å². The fourth-order valence-electron chi connectivity index (χ4n) is 3.44. The first-order valence-corrected chi connectivity index (χ1v) is 7.56. The molecule has 1 fully saturated rings. The molecule has 1 aliphatic carbocycles. The zero-order chi connectivity index (χ0) is 15.6. The molecule has 0 aliphatic heterocycles. The first-order chi connectivity index (χ1) is 9.93. The number of hydrogen-bond donors (Lipinski definition) is 2. The lowest BCUT2D eigenvalue weighted by Crippen LogP contribution is -2.17. The topological polar surface area (TPSA) is 74.6 Å². The van der Waals surface area contributed by atoms with Crippen molar-refractivity contribution in [2.24, 2.45) is 0 Å². The van der Waals surface area contributed by atoms with Gasteiger partial charge >= 0.3 is 11.9 Å². The number of benzene rings is 1. The van der Waals surface area contributed by atoms with E-state index in [1.165, 1.54) is 12.5 Å². The van der Waals surface area contributed by atoms with Crippen LogP contribution in [0.25, 0.3) is 0 Å². The van der Waals surface area contributed by atoms with Gasteiger partial charge in [0, 0.05) is 0 Å². The second-order valence-electron chi connectivity index (χ2n) is 6.09. The van der Waals surface area contributed by atoms with Crippen molar-refractivity contribution in [3.8, 4) is 0 Å². The van der Waals surface area contributed by atoms with Gasteiger partial charge in [-0.2, -0.15) is 0 Å². The SMILES string of the molecule is CC(C)c1c(C2CCCCC2)ccc(C(=O)O)c1C(=O)O. The maximum Gasteiger partial charge on any atom is 0.336 e. The summed E-state index contributed by atoms with van der Waals surface area (Å²) in [4.78, 5) is 22.9. The largest absolute Gasteiger partial charge is 0.478 e. The lowest BCUT2D eigenvalue weighted by Gasteiger charge is -2.27. The Morgan fingerprint density at radius 1 is 1.05 bits per heavy atom. The molecule has 2 N–H and O–H groups in total. The van der Waals surface area contributed by atoms with Crippen molar-refractivity contribution in [3.05, 3.63) is 34.4 Å². The Morgan fingerprint density at radius 2 is 1.67 bits per heavy atom. The fraction of sp³-hybridized carbons (Fsp3) is 0.529. The Hall–Kier alpha value is -1.84. The third-order valence-corrected chi connectivity index (χ3v) is 4.35. The first-order valence-electron chi connectivity index (χ1n) is 7.56. The quantitative estimate of drug-likeness (QED) is 0.869. The van der Waals surface area contributed by atoms with Crippen molar-refractivity contribution in [2.75, 3.05) is 0 Å². The molecule has 0 spiro atoms. The number of carbonyl (C=O) groups is 2. The van der Waals surface area contributed by atoms with Crippen LogP contribution in [0, 0.1) is 0 Å². The van der Waals surface area contributed by atoms with Gasteiger partial charge in [0.05, 0.1) is 11.1 Å². The summed E-state index contributed by atoms with van der Waals surface area (Å²) in [5, 5.41) is 18.8. The highest BCUT2D eigenvalue weighted by Crippen LogP contribution is 2.39. The molecule has 21 heavy (non-hydrogen) atoms. The highest BCUT2D eigenvalue weighted by atomic mass is 16.4. The highest BCUT2D eigenvalue weighted by molar-refractivity contribution is 6.03. The lowest BCUT2D eigenvalue weighted by molar-refractivity contribution is 0.0650. The lowest BCUT2D eigenvalue weighted by atomic mass is 9.77. The van der Waals surface area contributed by atoms with Crippen LogP contribution in [-0.4, -0.2) is 22.2 Å². The average molecular weight is 290 g/mol. The molecular formula is C17H22O4. The summed E-state index contributed by atoms with van der Waals surface area (Å²) in [6, 6.07) is 3.29. The maximum absolute atomic E-state index is 11.6. The van der Waals surface area contributed by atoms with Gasteiger partial charge in [-0.1, -0.05) is 39.2 Å². The number of carboxylic acids is 2. The molecule has 0 bridgehead atoms. The molecule has 1 aromatic carbocycles. The zero-order valence-electron chi connectivity index (χ0n) is 12.6. The maximum atomic E-state index is 11.6. The Labute approximate surface area is 124 Å². The van der Waals surface area contributed by atoms with Crippen molar-refractivity contribution < 1.29 is 19.8 Å². The number of carboxylic acid groups (broad SMARTS) is 2. The molecule has 1 aliphatic rings. The van der Waals surface area contributed by atoms with Crippen LogP contribution in [0.2, 0.25) is 0 Å². The van der Waals surface area contributed by atoms with Gasteiger partial charge in [-0.3, -0.25) is 0 Å². The van der Waals surface area contributed by atoms with Crippen molar-refractivity contribution in [1.29, 1.82) is 0 Å². The summed E-state index contributed by atoms with van der Waals surface area (Å²) in [6.45, 7) is 3.86. The van der Waals surface area contributed by atoms with Crippen molar-refractivity contribution in [1.82, 2.24) is 0 Å². The fourth-order valence-corrected chi connectivity index (χ4v) is 3.44. The normalized spacial score (nSPS) is 16.1. The minimum atomic E-state index is -1.18. The Bertz CT molecular complexity index is 554. The van der Waals surface area contributed by atoms with Gasteiger partial charge in [-0.15, -0.1) is 0 Å². The van der Waals surface area contributed by atoms with E-state index >= 15 is 0 Å². The third-order valence-electron chi connectivity index (χ3n) is 4.35. The average Bonchev–Trinajstić information content (AvgIpc) is 2.46. The van der Waals surface area contributed by atoms with Crippen LogP contribution >= 0.6 is 0 Å². The molecule has 0 atom stereocenters. The van der Waals surface area contributed by atoms with E-state index in [9.17, 15) is 19.8 Å². The van der Waals surface area contributed by atoms with E-state index in [0.717, 1.165) is 31.2 Å². The van der Waals surface area contributed by atoms with Gasteiger partial charge in [0.15, 0.2) is 0 Å². The van der Waals surface area contributed by atoms with E-state index in [0.29, 0.717) is 11.5 Å². The summed E-state index contributed by atoms with van der Waals surface area (Å²) >= 11 is 0. The van der Waals surface area contributed by atoms with Crippen LogP contribution in [0.4, 0.5) is 0 Å². The van der Waals surface area contributed by atoms with Crippen LogP contribution in [0.5, 0.6) is 0 Å². The van der Waals surface area contributed by atoms with Gasteiger partial charge in [0.1, 0.15) is 0 Å². The van der Waals surface area contributed by atoms with Crippen LogP contribution < -0.4 is 0 Å². The van der Waals surface area contributed by atoms with Crippen molar-refractivity contribution >= 4 is 11.9 Å². The van der Waals surface area contributed by atoms with Gasteiger partial charge in [-0.25, -0.2) is 9.59 Å². The molecule has 4 nitrogen and oxygen atoms in total. The first kappa shape index (κ1) is 15.5. The number of rotatable bonds is 4. The Kier molecular flexibility index (Phi) is 4.66. The molecule has 0 heterocycles. The molecule has 0 amide bonds. The zero-order valence-corrected chi connectivity index (χ0v) is 12.6. The number of aromatic carboxylic acids is 2. The summed E-state index contributed by atoms with van der Waals surface area (Å²) in [5.74, 6) is -1.97. The van der Waals surface area contributed by atoms with Crippen molar-refractivity contribution in [2.45, 2.75) is 57.8 Å². The van der Waals surface area contributed by atoms with E-state index < -0.39 is 11.9 Å². The van der Waals surface area contributed by atoms with E-state index in [1.807, 2.05) is 19.9 Å². The Morgan fingerprint density at radius 3 is 2.14 bits per heavy atom. The molecule has 4 heteroatoms. The second-order valence-corrected chi connectivity index (χ2v) is 6.09. The second kappa shape index (κ2) is 6.29. The summed E-state index contributed by atoms with van der Waals surface area (Å²) < 4.78 is 0. The van der Waals surface area contributed by atoms with Gasteiger partial charge in [0.2, 0.25) is 0 Å². The summed E-state index contributed by atoms with van der Waals surface area (Å²) in [7, 11) is 0. The Balaban J connectivity index is 2.63. The molecule has 1 aromatic rings. The van der Waals surface area contributed by atoms with Crippen LogP contribution in [0.1, 0.15) is 89.6 Å². The number of hydrogen-bond acceptors (Lipinski definition) is 2. The van der Waals surface area contributed by atoms with E-state index in [4.69, 9.17) is 0 Å². The molecule has 0 saturated heterocycles. The van der Waals surface area contributed by atoms with E-state index in [2.05, 4.69) is 0 Å². The van der Waals surface area contributed by atoms with Gasteiger partial charge in [-0.05, 0) is 41.9 Å². The van der Waals surface area contributed by atoms with E-state index in [1.54, 1.807) is 0 Å². The molecule has 0 radical (unpaired) electrons. The molecular weight excluding hydrogens is 268 g/mol. The van der Waals surface area contributed by atoms with Crippen LogP contribution in [0.3, 0.4) is 0 Å². The summed E-state index contributed by atoms with van der Waals surface area (Å²) in [5.41, 5.74) is 1.60. The summed E-state index contributed by atoms with van der Waals surface area (Å²) in [6.07, 6.45) is 5.67. The van der Waals surface area contributed by atoms with E-state index in [-0.39, 0.29) is 17.0 Å². The minimum Gasteiger partial charge on any atom is -0.478 e. The molecule has 114 valence electrons. The minimum absolute atomic E-state index is 0.00711. The highest BCUT2D eigenvalue weighted by Gasteiger charge is 2.28. The predicted octanol–water partition coefficient (Wildman–Crippen LogP) is 4.25. The molecule has 0 unspecified atom stereocenters. The van der Waals surface area contributed by atoms with Crippen LogP contribution in [0.15, 0.2) is 12.1 Å². The van der Waals surface area contributed by atoms with Gasteiger partial charge in [0.25, 0.3) is 0 Å². The molecule has 1 saturated carbocycles. The predicted molar refractivity (Wildman–Crippen MR) is 80.3 cm³/mol. The molecule has 2 rings (SSSR count). The van der Waals surface area contributed by atoms with Crippen molar-refractivity contribution in [3.63, 3.8) is 0 Å². The standard InChI is InChI=1S/C17H22O4/c1-10(2)14-12(11-6-4-3-5-7-11)8-9-13(16(18)19)15(14)17(20)21/h8-11H,3-7H2,1-2H3,(H,18,19)(H,20,21). The smallest absolute Gasteiger partial charge is 0.336 e. The monoisotopic (exact) mass is 290 g/mol. The van der Waals surface area contributed by atoms with Gasteiger partial charge < -0.3 is 10.2 Å². The third kappa shape index (κ3) is 3.09.